The molecule has 1 aromatic heterocycles. The molecule has 3 aromatic rings. The molecule has 0 spiro atoms. The maximum atomic E-state index is 11.4. The Kier molecular flexibility index (Phi) is 5.88. The van der Waals surface area contributed by atoms with Crippen LogP contribution in [0.25, 0.3) is 17.2 Å². The van der Waals surface area contributed by atoms with Crippen LogP contribution < -0.4 is 0 Å². The normalized spacial score (nSPS) is 11.0. The van der Waals surface area contributed by atoms with Gasteiger partial charge < -0.3 is 5.11 Å². The molecule has 1 N–H and O–H groups in total. The van der Waals surface area contributed by atoms with Gasteiger partial charge in [0.25, 0.3) is 0 Å². The lowest BCUT2D eigenvalue weighted by atomic mass is 9.99. The highest BCUT2D eigenvalue weighted by molar-refractivity contribution is 7.79. The zero-order valence-electron chi connectivity index (χ0n) is 14.9. The standard InChI is InChI=1S/C21H19N3O2S/c1-2-3-8-20-22-19(14-27)23-24(20)13-15-9-11-16(12-10-15)17-6-4-5-7-18(17)21(25)26/h3-12,14H,2,13H2,1H3,(H,25,26). The molecule has 0 aliphatic rings. The molecule has 0 amide bonds. The van der Waals surface area contributed by atoms with E-state index in [0.29, 0.717) is 23.5 Å². The van der Waals surface area contributed by atoms with E-state index in [4.69, 9.17) is 12.2 Å². The number of thiocarbonyl (C=S) groups is 1. The summed E-state index contributed by atoms with van der Waals surface area (Å²) in [5.74, 6) is 0.346. The molecule has 136 valence electrons. The van der Waals surface area contributed by atoms with Crippen molar-refractivity contribution >= 4 is 29.6 Å². The van der Waals surface area contributed by atoms with Gasteiger partial charge in [0.1, 0.15) is 0 Å². The molecule has 0 saturated heterocycles. The first-order chi connectivity index (χ1) is 13.1. The molecule has 0 aliphatic heterocycles. The van der Waals surface area contributed by atoms with Gasteiger partial charge >= 0.3 is 5.97 Å². The SMILES string of the molecule is CCC=Cc1nc(C=S)nn1Cc1ccc(-c2ccccc2C(=O)O)cc1. The first-order valence-electron chi connectivity index (χ1n) is 8.60. The van der Waals surface area contributed by atoms with Crippen LogP contribution in [0.1, 0.15) is 40.9 Å². The van der Waals surface area contributed by atoms with Crippen molar-refractivity contribution in [2.45, 2.75) is 19.9 Å². The van der Waals surface area contributed by atoms with E-state index in [9.17, 15) is 9.90 Å². The number of benzene rings is 2. The number of rotatable bonds is 7. The Bertz CT molecular complexity index is 991. The van der Waals surface area contributed by atoms with E-state index in [1.54, 1.807) is 12.1 Å². The summed E-state index contributed by atoms with van der Waals surface area (Å²) < 4.78 is 1.81. The van der Waals surface area contributed by atoms with Crippen LogP contribution in [0.2, 0.25) is 0 Å². The molecule has 3 rings (SSSR count). The highest BCUT2D eigenvalue weighted by Crippen LogP contribution is 2.24. The Morgan fingerprint density at radius 3 is 2.59 bits per heavy atom. The molecule has 0 fully saturated rings. The Balaban J connectivity index is 1.87. The van der Waals surface area contributed by atoms with Crippen LogP contribution in [0.15, 0.2) is 54.6 Å². The zero-order valence-corrected chi connectivity index (χ0v) is 15.7. The number of hydrogen-bond acceptors (Lipinski definition) is 4. The van der Waals surface area contributed by atoms with Crippen molar-refractivity contribution in [2.75, 3.05) is 0 Å². The number of carboxylic acids is 1. The van der Waals surface area contributed by atoms with Crippen molar-refractivity contribution in [3.05, 3.63) is 77.4 Å². The van der Waals surface area contributed by atoms with E-state index in [1.165, 1.54) is 5.37 Å². The molecule has 0 radical (unpaired) electrons. The molecule has 0 aliphatic carbocycles. The van der Waals surface area contributed by atoms with Gasteiger partial charge in [-0.15, -0.1) is 5.10 Å². The fourth-order valence-electron chi connectivity index (χ4n) is 2.77. The van der Waals surface area contributed by atoms with Gasteiger partial charge in [0, 0.05) is 5.37 Å². The first kappa shape index (κ1) is 18.7. The van der Waals surface area contributed by atoms with E-state index >= 15 is 0 Å². The zero-order chi connectivity index (χ0) is 19.2. The quantitative estimate of drug-likeness (QED) is 0.616. The molecule has 5 nitrogen and oxygen atoms in total. The number of nitrogens with zero attached hydrogens (tertiary/aromatic N) is 3. The van der Waals surface area contributed by atoms with Crippen LogP contribution in [0.4, 0.5) is 0 Å². The monoisotopic (exact) mass is 377 g/mol. The van der Waals surface area contributed by atoms with Crippen molar-refractivity contribution in [3.63, 3.8) is 0 Å². The maximum Gasteiger partial charge on any atom is 0.336 e. The fourth-order valence-corrected chi connectivity index (χ4v) is 2.87. The topological polar surface area (TPSA) is 68.0 Å². The van der Waals surface area contributed by atoms with Crippen LogP contribution in [0, 0.1) is 0 Å². The summed E-state index contributed by atoms with van der Waals surface area (Å²) in [7, 11) is 0. The van der Waals surface area contributed by atoms with Gasteiger partial charge in [0.15, 0.2) is 11.6 Å². The minimum absolute atomic E-state index is 0.291. The van der Waals surface area contributed by atoms with Crippen molar-refractivity contribution in [2.24, 2.45) is 0 Å². The van der Waals surface area contributed by atoms with Gasteiger partial charge in [-0.2, -0.15) is 0 Å². The maximum absolute atomic E-state index is 11.4. The number of hydrogen-bond donors (Lipinski definition) is 1. The highest BCUT2D eigenvalue weighted by atomic mass is 32.1. The summed E-state index contributed by atoms with van der Waals surface area (Å²) in [5, 5.41) is 15.2. The summed E-state index contributed by atoms with van der Waals surface area (Å²) in [6, 6.07) is 14.8. The molecular formula is C21H19N3O2S. The summed E-state index contributed by atoms with van der Waals surface area (Å²) >= 11 is 4.94. The third-order valence-corrected chi connectivity index (χ3v) is 4.29. The van der Waals surface area contributed by atoms with Crippen LogP contribution in [-0.2, 0) is 6.54 Å². The van der Waals surface area contributed by atoms with Gasteiger partial charge in [0.05, 0.1) is 12.1 Å². The molecule has 0 bridgehead atoms. The van der Waals surface area contributed by atoms with E-state index in [1.807, 2.05) is 53.2 Å². The van der Waals surface area contributed by atoms with Crippen LogP contribution in [0.5, 0.6) is 0 Å². The predicted molar refractivity (Wildman–Crippen MR) is 110 cm³/mol. The third-order valence-electron chi connectivity index (χ3n) is 4.08. The van der Waals surface area contributed by atoms with E-state index in [-0.39, 0.29) is 0 Å². The summed E-state index contributed by atoms with van der Waals surface area (Å²) in [4.78, 5) is 15.8. The molecule has 2 aromatic carbocycles. The number of aromatic carboxylic acids is 1. The second-order valence-electron chi connectivity index (χ2n) is 5.96. The number of carbonyl (C=O) groups is 1. The first-order valence-corrected chi connectivity index (χ1v) is 9.07. The average Bonchev–Trinajstić information content (AvgIpc) is 3.08. The molecule has 6 heteroatoms. The van der Waals surface area contributed by atoms with Crippen molar-refractivity contribution < 1.29 is 9.90 Å². The van der Waals surface area contributed by atoms with Gasteiger partial charge in [-0.1, -0.05) is 67.7 Å². The Labute approximate surface area is 163 Å². The smallest absolute Gasteiger partial charge is 0.336 e. The minimum Gasteiger partial charge on any atom is -0.478 e. The van der Waals surface area contributed by atoms with E-state index in [2.05, 4.69) is 17.0 Å². The highest BCUT2D eigenvalue weighted by Gasteiger charge is 2.11. The Morgan fingerprint density at radius 2 is 1.93 bits per heavy atom. The lowest BCUT2D eigenvalue weighted by molar-refractivity contribution is 0.0697. The second-order valence-corrected chi connectivity index (χ2v) is 6.20. The number of carboxylic acid groups (broad SMARTS) is 1. The van der Waals surface area contributed by atoms with Crippen LogP contribution in [-0.4, -0.2) is 31.2 Å². The third kappa shape index (κ3) is 4.35. The predicted octanol–water partition coefficient (Wildman–Crippen LogP) is 4.46. The van der Waals surface area contributed by atoms with Gasteiger partial charge in [-0.3, -0.25) is 0 Å². The molecule has 1 heterocycles. The molecule has 0 unspecified atom stereocenters. The lowest BCUT2D eigenvalue weighted by Crippen LogP contribution is -2.04. The molecule has 27 heavy (non-hydrogen) atoms. The summed E-state index contributed by atoms with van der Waals surface area (Å²) in [6.07, 6.45) is 4.88. The van der Waals surface area contributed by atoms with Crippen molar-refractivity contribution in [3.8, 4) is 11.1 Å². The number of allylic oxidation sites excluding steroid dienone is 1. The lowest BCUT2D eigenvalue weighted by Gasteiger charge is -2.08. The van der Waals surface area contributed by atoms with Gasteiger partial charge in [-0.25, -0.2) is 14.5 Å². The summed E-state index contributed by atoms with van der Waals surface area (Å²) in [6.45, 7) is 2.62. The molecule has 0 atom stereocenters. The van der Waals surface area contributed by atoms with Gasteiger partial charge in [0.2, 0.25) is 0 Å². The minimum atomic E-state index is -0.933. The Hall–Kier alpha value is -3.12. The second kappa shape index (κ2) is 8.51. The van der Waals surface area contributed by atoms with Crippen molar-refractivity contribution in [1.82, 2.24) is 14.8 Å². The van der Waals surface area contributed by atoms with E-state index < -0.39 is 5.97 Å². The van der Waals surface area contributed by atoms with Crippen LogP contribution in [0.3, 0.4) is 0 Å². The molecular weight excluding hydrogens is 358 g/mol. The van der Waals surface area contributed by atoms with Gasteiger partial charge in [-0.05, 0) is 35.3 Å². The van der Waals surface area contributed by atoms with Crippen molar-refractivity contribution in [1.29, 1.82) is 0 Å². The number of aromatic nitrogens is 3. The summed E-state index contributed by atoms with van der Waals surface area (Å²) in [5.41, 5.74) is 2.89. The average molecular weight is 377 g/mol. The molecule has 0 saturated carbocycles. The van der Waals surface area contributed by atoms with Crippen LogP contribution >= 0.6 is 12.2 Å². The fraction of sp³-hybridized carbons (Fsp3) is 0.143. The van der Waals surface area contributed by atoms with E-state index in [0.717, 1.165) is 23.4 Å². The Morgan fingerprint density at radius 1 is 1.19 bits per heavy atom. The largest absolute Gasteiger partial charge is 0.478 e.